The molecule has 1 aliphatic heterocycles. The van der Waals surface area contributed by atoms with E-state index in [-0.39, 0.29) is 30.3 Å². The molecule has 2 aromatic rings. The van der Waals surface area contributed by atoms with Gasteiger partial charge in [-0.15, -0.1) is 0 Å². The number of hydrogen-bond donors (Lipinski definition) is 1. The largest absolute Gasteiger partial charge is 0.491 e. The monoisotopic (exact) mass is 368 g/mol. The van der Waals surface area contributed by atoms with Crippen molar-refractivity contribution >= 4 is 17.5 Å². The van der Waals surface area contributed by atoms with Gasteiger partial charge in [-0.3, -0.25) is 19.6 Å². The van der Waals surface area contributed by atoms with Crippen molar-refractivity contribution in [3.63, 3.8) is 0 Å². The van der Waals surface area contributed by atoms with Crippen LogP contribution in [0.2, 0.25) is 0 Å². The Morgan fingerprint density at radius 2 is 2.07 bits per heavy atom. The normalized spacial score (nSPS) is 16.6. The van der Waals surface area contributed by atoms with Crippen molar-refractivity contribution < 1.29 is 14.3 Å². The lowest BCUT2D eigenvalue weighted by atomic mass is 10.1. The fourth-order valence-corrected chi connectivity index (χ4v) is 3.03. The average molecular weight is 368 g/mol. The molecule has 1 saturated heterocycles. The first-order valence-corrected chi connectivity index (χ1v) is 9.12. The number of anilines is 1. The standard InChI is InChI=1S/C20H24N4O3/c1-14(2)27-18-5-3-17(4-6-18)24-13-15(11-19(24)25)20(26)23-8-7-16-12-21-9-10-22-16/h3-6,9-10,12,14-15H,7-8,11,13H2,1-2H3,(H,23,26)/t15-/m1/s1. The van der Waals surface area contributed by atoms with Gasteiger partial charge in [-0.1, -0.05) is 0 Å². The maximum absolute atomic E-state index is 12.4. The number of benzene rings is 1. The topological polar surface area (TPSA) is 84.4 Å². The van der Waals surface area contributed by atoms with Gasteiger partial charge in [-0.25, -0.2) is 0 Å². The van der Waals surface area contributed by atoms with E-state index in [4.69, 9.17) is 4.74 Å². The molecule has 1 fully saturated rings. The molecule has 1 aromatic heterocycles. The summed E-state index contributed by atoms with van der Waals surface area (Å²) in [6, 6.07) is 7.39. The molecule has 1 N–H and O–H groups in total. The summed E-state index contributed by atoms with van der Waals surface area (Å²) in [5.41, 5.74) is 1.61. The van der Waals surface area contributed by atoms with Crippen LogP contribution >= 0.6 is 0 Å². The van der Waals surface area contributed by atoms with E-state index in [1.165, 1.54) is 0 Å². The molecule has 0 unspecified atom stereocenters. The van der Waals surface area contributed by atoms with Crippen LogP contribution < -0.4 is 15.0 Å². The van der Waals surface area contributed by atoms with Gasteiger partial charge in [-0.2, -0.15) is 0 Å². The summed E-state index contributed by atoms with van der Waals surface area (Å²) >= 11 is 0. The summed E-state index contributed by atoms with van der Waals surface area (Å²) < 4.78 is 5.62. The molecule has 0 spiro atoms. The summed E-state index contributed by atoms with van der Waals surface area (Å²) in [4.78, 5) is 34.6. The van der Waals surface area contributed by atoms with Crippen LogP contribution in [0, 0.1) is 5.92 Å². The minimum Gasteiger partial charge on any atom is -0.491 e. The van der Waals surface area contributed by atoms with Gasteiger partial charge in [0.1, 0.15) is 5.75 Å². The summed E-state index contributed by atoms with van der Waals surface area (Å²) in [7, 11) is 0. The van der Waals surface area contributed by atoms with Gasteiger partial charge in [0.05, 0.1) is 17.7 Å². The van der Waals surface area contributed by atoms with Crippen LogP contribution in [-0.4, -0.2) is 41.0 Å². The van der Waals surface area contributed by atoms with Gasteiger partial charge in [-0.05, 0) is 38.1 Å². The molecule has 3 rings (SSSR count). The van der Waals surface area contributed by atoms with E-state index in [0.29, 0.717) is 19.5 Å². The Bertz CT molecular complexity index is 778. The highest BCUT2D eigenvalue weighted by atomic mass is 16.5. The van der Waals surface area contributed by atoms with Crippen molar-refractivity contribution in [1.82, 2.24) is 15.3 Å². The smallest absolute Gasteiger partial charge is 0.227 e. The second-order valence-electron chi connectivity index (χ2n) is 6.80. The Hall–Kier alpha value is -2.96. The lowest BCUT2D eigenvalue weighted by molar-refractivity contribution is -0.126. The molecule has 2 amide bonds. The highest BCUT2D eigenvalue weighted by Gasteiger charge is 2.34. The number of carbonyl (C=O) groups is 2. The highest BCUT2D eigenvalue weighted by Crippen LogP contribution is 2.27. The Balaban J connectivity index is 1.52. The van der Waals surface area contributed by atoms with Gasteiger partial charge in [0.25, 0.3) is 0 Å². The van der Waals surface area contributed by atoms with Crippen molar-refractivity contribution in [2.24, 2.45) is 5.92 Å². The fourth-order valence-electron chi connectivity index (χ4n) is 3.03. The number of rotatable bonds is 7. The Labute approximate surface area is 158 Å². The zero-order chi connectivity index (χ0) is 19.2. The Kier molecular flexibility index (Phi) is 6.01. The molecule has 7 heteroatoms. The zero-order valence-electron chi connectivity index (χ0n) is 15.6. The molecule has 0 aliphatic carbocycles. The van der Waals surface area contributed by atoms with Gasteiger partial charge in [0.2, 0.25) is 11.8 Å². The minimum atomic E-state index is -0.342. The fraction of sp³-hybridized carbons (Fsp3) is 0.400. The molecule has 1 atom stereocenters. The van der Waals surface area contributed by atoms with E-state index in [2.05, 4.69) is 15.3 Å². The number of ether oxygens (including phenoxy) is 1. The average Bonchev–Trinajstić information content (AvgIpc) is 3.04. The second-order valence-corrected chi connectivity index (χ2v) is 6.80. The van der Waals surface area contributed by atoms with Crippen LogP contribution in [0.1, 0.15) is 26.0 Å². The number of nitrogens with one attached hydrogen (secondary N) is 1. The molecular weight excluding hydrogens is 344 g/mol. The van der Waals surface area contributed by atoms with Crippen LogP contribution in [0.3, 0.4) is 0 Å². The lowest BCUT2D eigenvalue weighted by Crippen LogP contribution is -2.34. The minimum absolute atomic E-state index is 0.0402. The number of carbonyl (C=O) groups excluding carboxylic acids is 2. The van der Waals surface area contributed by atoms with E-state index < -0.39 is 0 Å². The lowest BCUT2D eigenvalue weighted by Gasteiger charge is -2.18. The molecule has 0 radical (unpaired) electrons. The van der Waals surface area contributed by atoms with E-state index in [1.54, 1.807) is 23.5 Å². The maximum Gasteiger partial charge on any atom is 0.227 e. The van der Waals surface area contributed by atoms with Crippen LogP contribution in [0.25, 0.3) is 0 Å². The molecule has 2 heterocycles. The van der Waals surface area contributed by atoms with E-state index in [9.17, 15) is 9.59 Å². The molecule has 7 nitrogen and oxygen atoms in total. The molecule has 1 aromatic carbocycles. The van der Waals surface area contributed by atoms with Crippen molar-refractivity contribution in [1.29, 1.82) is 0 Å². The van der Waals surface area contributed by atoms with Crippen molar-refractivity contribution in [3.05, 3.63) is 48.5 Å². The summed E-state index contributed by atoms with van der Waals surface area (Å²) in [6.07, 6.45) is 5.85. The number of amides is 2. The molecule has 0 bridgehead atoms. The SMILES string of the molecule is CC(C)Oc1ccc(N2C[C@H](C(=O)NCCc3cnccn3)CC2=O)cc1. The molecule has 27 heavy (non-hydrogen) atoms. The van der Waals surface area contributed by atoms with Gasteiger partial charge in [0.15, 0.2) is 0 Å². The Morgan fingerprint density at radius 3 is 2.74 bits per heavy atom. The van der Waals surface area contributed by atoms with Gasteiger partial charge in [0, 0.05) is 50.2 Å². The summed E-state index contributed by atoms with van der Waals surface area (Å²) in [6.45, 7) is 4.79. The van der Waals surface area contributed by atoms with E-state index >= 15 is 0 Å². The zero-order valence-corrected chi connectivity index (χ0v) is 15.6. The van der Waals surface area contributed by atoms with Gasteiger partial charge < -0.3 is 15.0 Å². The first-order chi connectivity index (χ1) is 13.0. The second kappa shape index (κ2) is 8.62. The third kappa shape index (κ3) is 5.03. The molecular formula is C20H24N4O3. The number of hydrogen-bond acceptors (Lipinski definition) is 5. The summed E-state index contributed by atoms with van der Waals surface area (Å²) in [5.74, 6) is 0.278. The van der Waals surface area contributed by atoms with Crippen molar-refractivity contribution in [2.45, 2.75) is 32.8 Å². The first-order valence-electron chi connectivity index (χ1n) is 9.12. The van der Waals surface area contributed by atoms with Crippen LogP contribution in [0.5, 0.6) is 5.75 Å². The number of aromatic nitrogens is 2. The first kappa shape index (κ1) is 18.8. The maximum atomic E-state index is 12.4. The van der Waals surface area contributed by atoms with Crippen LogP contribution in [0.4, 0.5) is 5.69 Å². The summed E-state index contributed by atoms with van der Waals surface area (Å²) in [5, 5.41) is 2.89. The van der Waals surface area contributed by atoms with E-state index in [1.807, 2.05) is 38.1 Å². The molecule has 0 saturated carbocycles. The van der Waals surface area contributed by atoms with Crippen molar-refractivity contribution in [2.75, 3.05) is 18.0 Å². The third-order valence-electron chi connectivity index (χ3n) is 4.31. The number of nitrogens with zero attached hydrogens (tertiary/aromatic N) is 3. The van der Waals surface area contributed by atoms with Crippen LogP contribution in [0.15, 0.2) is 42.9 Å². The predicted molar refractivity (Wildman–Crippen MR) is 101 cm³/mol. The molecule has 1 aliphatic rings. The van der Waals surface area contributed by atoms with E-state index in [0.717, 1.165) is 17.1 Å². The Morgan fingerprint density at radius 1 is 1.30 bits per heavy atom. The molecule has 142 valence electrons. The highest BCUT2D eigenvalue weighted by molar-refractivity contribution is 6.00. The quantitative estimate of drug-likeness (QED) is 0.808. The predicted octanol–water partition coefficient (Wildman–Crippen LogP) is 1.98. The van der Waals surface area contributed by atoms with Gasteiger partial charge >= 0.3 is 0 Å². The third-order valence-corrected chi connectivity index (χ3v) is 4.31. The van der Waals surface area contributed by atoms with Crippen molar-refractivity contribution in [3.8, 4) is 5.75 Å². The van der Waals surface area contributed by atoms with Crippen LogP contribution in [-0.2, 0) is 16.0 Å².